The van der Waals surface area contributed by atoms with Gasteiger partial charge in [-0.05, 0) is 50.7 Å². The van der Waals surface area contributed by atoms with Crippen LogP contribution < -0.4 is 5.73 Å². The molecule has 2 heterocycles. The Kier molecular flexibility index (Phi) is 2.63. The van der Waals surface area contributed by atoms with Gasteiger partial charge < -0.3 is 10.2 Å². The van der Waals surface area contributed by atoms with E-state index in [2.05, 4.69) is 16.9 Å². The lowest BCUT2D eigenvalue weighted by Gasteiger charge is -2.33. The molecule has 0 radical (unpaired) electrons. The van der Waals surface area contributed by atoms with E-state index < -0.39 is 5.54 Å². The first-order valence-corrected chi connectivity index (χ1v) is 6.60. The van der Waals surface area contributed by atoms with Gasteiger partial charge in [-0.2, -0.15) is 4.98 Å². The zero-order valence-electron chi connectivity index (χ0n) is 10.9. The van der Waals surface area contributed by atoms with Crippen LogP contribution in [0.3, 0.4) is 0 Å². The maximum Gasteiger partial charge on any atom is 0.217 e. The molecule has 2 aromatic heterocycles. The molecular formula is C14H19N3O. The predicted molar refractivity (Wildman–Crippen MR) is 70.0 cm³/mol. The molecule has 0 aromatic carbocycles. The van der Waals surface area contributed by atoms with Crippen molar-refractivity contribution in [2.45, 2.75) is 45.1 Å². The maximum atomic E-state index is 6.46. The molecule has 1 fully saturated rings. The van der Waals surface area contributed by atoms with Gasteiger partial charge in [0.25, 0.3) is 0 Å². The number of fused-ring (bicyclic) bond motifs is 1. The van der Waals surface area contributed by atoms with Crippen molar-refractivity contribution in [3.63, 3.8) is 0 Å². The third-order valence-electron chi connectivity index (χ3n) is 3.99. The standard InChI is InChI=1S/C14H19N3O/c1-9-5-7-14(15,8-6-9)13-17-12-11(18-13)4-3-10(2)16-12/h3-4,9H,5-8,15H2,1-2H3. The molecule has 2 aromatic rings. The number of hydrogen-bond acceptors (Lipinski definition) is 4. The first-order valence-electron chi connectivity index (χ1n) is 6.60. The second-order valence-electron chi connectivity index (χ2n) is 5.63. The van der Waals surface area contributed by atoms with Crippen LogP contribution >= 0.6 is 0 Å². The fraction of sp³-hybridized carbons (Fsp3) is 0.571. The van der Waals surface area contributed by atoms with Crippen molar-refractivity contribution in [3.05, 3.63) is 23.7 Å². The minimum atomic E-state index is -0.402. The SMILES string of the molecule is Cc1ccc2oc(C3(N)CCC(C)CC3)nc2n1. The molecule has 4 nitrogen and oxygen atoms in total. The zero-order chi connectivity index (χ0) is 12.8. The second-order valence-corrected chi connectivity index (χ2v) is 5.63. The van der Waals surface area contributed by atoms with Crippen LogP contribution in [0.25, 0.3) is 11.2 Å². The minimum Gasteiger partial charge on any atom is -0.437 e. The van der Waals surface area contributed by atoms with E-state index in [1.54, 1.807) is 0 Å². The molecule has 0 spiro atoms. The maximum absolute atomic E-state index is 6.46. The molecule has 1 aliphatic carbocycles. The molecule has 0 bridgehead atoms. The number of aryl methyl sites for hydroxylation is 1. The molecule has 1 aliphatic rings. The lowest BCUT2D eigenvalue weighted by atomic mass is 9.78. The Morgan fingerprint density at radius 2 is 2.00 bits per heavy atom. The Hall–Kier alpha value is -1.42. The summed E-state index contributed by atoms with van der Waals surface area (Å²) in [6.07, 6.45) is 4.17. The van der Waals surface area contributed by atoms with Crippen molar-refractivity contribution in [1.82, 2.24) is 9.97 Å². The van der Waals surface area contributed by atoms with Gasteiger partial charge in [0.2, 0.25) is 5.89 Å². The summed E-state index contributed by atoms with van der Waals surface area (Å²) in [6, 6.07) is 3.85. The smallest absolute Gasteiger partial charge is 0.217 e. The Balaban J connectivity index is 1.98. The third-order valence-corrected chi connectivity index (χ3v) is 3.99. The van der Waals surface area contributed by atoms with Gasteiger partial charge in [0.1, 0.15) is 0 Å². The Bertz CT molecular complexity index is 567. The van der Waals surface area contributed by atoms with Crippen LogP contribution in [0, 0.1) is 12.8 Å². The largest absolute Gasteiger partial charge is 0.437 e. The van der Waals surface area contributed by atoms with Crippen LogP contribution in [-0.2, 0) is 5.54 Å². The van der Waals surface area contributed by atoms with Crippen LogP contribution in [0.15, 0.2) is 16.5 Å². The monoisotopic (exact) mass is 245 g/mol. The van der Waals surface area contributed by atoms with Gasteiger partial charge >= 0.3 is 0 Å². The Morgan fingerprint density at radius 3 is 2.72 bits per heavy atom. The number of oxazole rings is 1. The summed E-state index contributed by atoms with van der Waals surface area (Å²) in [5.41, 5.74) is 8.42. The molecule has 0 amide bonds. The van der Waals surface area contributed by atoms with Gasteiger partial charge in [-0.1, -0.05) is 6.92 Å². The first-order chi connectivity index (χ1) is 8.57. The quantitative estimate of drug-likeness (QED) is 0.839. The molecule has 1 saturated carbocycles. The van der Waals surface area contributed by atoms with E-state index in [1.807, 2.05) is 19.1 Å². The van der Waals surface area contributed by atoms with E-state index in [0.29, 0.717) is 11.5 Å². The van der Waals surface area contributed by atoms with Crippen LogP contribution in [0.5, 0.6) is 0 Å². The van der Waals surface area contributed by atoms with E-state index in [4.69, 9.17) is 10.2 Å². The van der Waals surface area contributed by atoms with Gasteiger partial charge in [-0.15, -0.1) is 0 Å². The molecule has 18 heavy (non-hydrogen) atoms. The van der Waals surface area contributed by atoms with E-state index in [0.717, 1.165) is 42.9 Å². The number of rotatable bonds is 1. The minimum absolute atomic E-state index is 0.402. The lowest BCUT2D eigenvalue weighted by Crippen LogP contribution is -2.40. The fourth-order valence-corrected chi connectivity index (χ4v) is 2.62. The highest BCUT2D eigenvalue weighted by Gasteiger charge is 2.36. The summed E-state index contributed by atoms with van der Waals surface area (Å²) < 4.78 is 5.80. The van der Waals surface area contributed by atoms with Crippen molar-refractivity contribution < 1.29 is 4.42 Å². The molecule has 96 valence electrons. The van der Waals surface area contributed by atoms with E-state index in [9.17, 15) is 0 Å². The summed E-state index contributed by atoms with van der Waals surface area (Å²) in [7, 11) is 0. The summed E-state index contributed by atoms with van der Waals surface area (Å²) >= 11 is 0. The summed E-state index contributed by atoms with van der Waals surface area (Å²) in [5.74, 6) is 1.41. The average molecular weight is 245 g/mol. The highest BCUT2D eigenvalue weighted by atomic mass is 16.4. The molecule has 0 unspecified atom stereocenters. The fourth-order valence-electron chi connectivity index (χ4n) is 2.62. The van der Waals surface area contributed by atoms with Crippen molar-refractivity contribution >= 4 is 11.2 Å². The van der Waals surface area contributed by atoms with Gasteiger partial charge in [-0.25, -0.2) is 4.98 Å². The first kappa shape index (κ1) is 11.7. The number of nitrogens with two attached hydrogens (primary N) is 1. The highest BCUT2D eigenvalue weighted by molar-refractivity contribution is 5.67. The Labute approximate surface area is 107 Å². The average Bonchev–Trinajstić information content (AvgIpc) is 2.77. The molecule has 0 saturated heterocycles. The van der Waals surface area contributed by atoms with Crippen molar-refractivity contribution in [2.24, 2.45) is 11.7 Å². The number of nitrogens with zero attached hydrogens (tertiary/aromatic N) is 2. The molecular weight excluding hydrogens is 226 g/mol. The molecule has 0 aliphatic heterocycles. The van der Waals surface area contributed by atoms with Gasteiger partial charge in [-0.3, -0.25) is 0 Å². The molecule has 4 heteroatoms. The number of pyridine rings is 1. The topological polar surface area (TPSA) is 64.9 Å². The van der Waals surface area contributed by atoms with Crippen molar-refractivity contribution in [1.29, 1.82) is 0 Å². The summed E-state index contributed by atoms with van der Waals surface area (Å²) in [4.78, 5) is 8.87. The Morgan fingerprint density at radius 1 is 1.28 bits per heavy atom. The van der Waals surface area contributed by atoms with Crippen molar-refractivity contribution in [3.8, 4) is 0 Å². The normalized spacial score (nSPS) is 28.7. The molecule has 2 N–H and O–H groups in total. The van der Waals surface area contributed by atoms with Crippen molar-refractivity contribution in [2.75, 3.05) is 0 Å². The van der Waals surface area contributed by atoms with E-state index in [1.165, 1.54) is 0 Å². The summed E-state index contributed by atoms with van der Waals surface area (Å²) in [5, 5.41) is 0. The van der Waals surface area contributed by atoms with Gasteiger partial charge in [0.05, 0.1) is 5.54 Å². The van der Waals surface area contributed by atoms with E-state index in [-0.39, 0.29) is 0 Å². The van der Waals surface area contributed by atoms with Crippen LogP contribution in [0.1, 0.15) is 44.2 Å². The van der Waals surface area contributed by atoms with E-state index >= 15 is 0 Å². The van der Waals surface area contributed by atoms with Gasteiger partial charge in [0.15, 0.2) is 11.2 Å². The zero-order valence-corrected chi connectivity index (χ0v) is 10.9. The van der Waals surface area contributed by atoms with Gasteiger partial charge in [0, 0.05) is 5.69 Å². The predicted octanol–water partition coefficient (Wildman–Crippen LogP) is 2.90. The van der Waals surface area contributed by atoms with Crippen LogP contribution in [0.2, 0.25) is 0 Å². The number of hydrogen-bond donors (Lipinski definition) is 1. The van der Waals surface area contributed by atoms with Crippen LogP contribution in [-0.4, -0.2) is 9.97 Å². The lowest BCUT2D eigenvalue weighted by molar-refractivity contribution is 0.209. The molecule has 0 atom stereocenters. The van der Waals surface area contributed by atoms with Crippen LogP contribution in [0.4, 0.5) is 0 Å². The highest BCUT2D eigenvalue weighted by Crippen LogP contribution is 2.37. The molecule has 3 rings (SSSR count). The number of aromatic nitrogens is 2. The second kappa shape index (κ2) is 4.05. The third kappa shape index (κ3) is 1.90. The summed E-state index contributed by atoms with van der Waals surface area (Å²) in [6.45, 7) is 4.23.